The van der Waals surface area contributed by atoms with E-state index < -0.39 is 16.0 Å². The maximum absolute atomic E-state index is 13.5. The van der Waals surface area contributed by atoms with Crippen molar-refractivity contribution in [3.05, 3.63) is 88.9 Å². The molecular formula is C40H49N7O6S. The molecule has 286 valence electrons. The number of fused-ring (bicyclic) bond motifs is 1. The zero-order valence-electron chi connectivity index (χ0n) is 32.0. The van der Waals surface area contributed by atoms with Gasteiger partial charge in [-0.05, 0) is 82.3 Å². The van der Waals surface area contributed by atoms with Crippen molar-refractivity contribution >= 4 is 33.1 Å². The third-order valence-electron chi connectivity index (χ3n) is 9.64. The summed E-state index contributed by atoms with van der Waals surface area (Å²) in [5.41, 5.74) is 6.60. The van der Waals surface area contributed by atoms with Crippen molar-refractivity contribution in [2.75, 3.05) is 11.3 Å². The Morgan fingerprint density at radius 1 is 1.04 bits per heavy atom. The number of benzene rings is 2. The third-order valence-corrected chi connectivity index (χ3v) is 11.0. The summed E-state index contributed by atoms with van der Waals surface area (Å²) in [5.74, 6) is -1.30. The number of nitrogens with one attached hydrogen (secondary N) is 2. The van der Waals surface area contributed by atoms with Gasteiger partial charge in [-0.3, -0.25) is 4.98 Å². The Labute approximate surface area is 316 Å². The number of nitrogens with zero attached hydrogens (tertiary/aromatic N) is 5. The Hall–Kier alpha value is -4.92. The van der Waals surface area contributed by atoms with E-state index in [4.69, 9.17) is 19.4 Å². The highest BCUT2D eigenvalue weighted by Gasteiger charge is 2.32. The summed E-state index contributed by atoms with van der Waals surface area (Å²) in [5, 5.41) is 13.2. The van der Waals surface area contributed by atoms with Gasteiger partial charge >= 0.3 is 5.97 Å². The minimum absolute atomic E-state index is 0.0264. The van der Waals surface area contributed by atoms with E-state index in [1.54, 1.807) is 6.07 Å². The van der Waals surface area contributed by atoms with Gasteiger partial charge < -0.3 is 24.5 Å². The Bertz CT molecular complexity index is 2260. The van der Waals surface area contributed by atoms with E-state index in [0.717, 1.165) is 64.6 Å². The van der Waals surface area contributed by atoms with E-state index >= 15 is 0 Å². The van der Waals surface area contributed by atoms with Gasteiger partial charge in [0.2, 0.25) is 11.8 Å². The molecule has 3 N–H and O–H groups in total. The topological polar surface area (TPSA) is 170 Å². The van der Waals surface area contributed by atoms with Gasteiger partial charge in [-0.15, -0.1) is 0 Å². The molecule has 0 bridgehead atoms. The van der Waals surface area contributed by atoms with Gasteiger partial charge in [-0.2, -0.15) is 4.98 Å². The summed E-state index contributed by atoms with van der Waals surface area (Å²) < 4.78 is 44.5. The van der Waals surface area contributed by atoms with Crippen molar-refractivity contribution in [2.24, 2.45) is 7.05 Å². The van der Waals surface area contributed by atoms with E-state index in [1.165, 1.54) is 18.2 Å². The number of ether oxygens (including phenoxy) is 2. The number of carboxylic acid groups (broad SMARTS) is 1. The normalized spacial score (nSPS) is 18.1. The Morgan fingerprint density at radius 3 is 2.44 bits per heavy atom. The SMILES string of the molecule is Cc1cccc(C)c1-c1cc(OC[C@@H]2N[C@H](c3cnc4cc(C(C)(C)C)n(C)c4n3)CCC[C@H]2OC(C)C)nc(NS(=O)(=O)c2cccc(C(=O)O)c2)n1. The minimum Gasteiger partial charge on any atom is -0.478 e. The minimum atomic E-state index is -4.27. The fourth-order valence-electron chi connectivity index (χ4n) is 7.09. The first kappa shape index (κ1) is 38.8. The van der Waals surface area contributed by atoms with Gasteiger partial charge in [0.05, 0.1) is 52.3 Å². The number of anilines is 1. The van der Waals surface area contributed by atoms with E-state index in [0.29, 0.717) is 5.69 Å². The highest BCUT2D eigenvalue weighted by Crippen LogP contribution is 2.32. The third kappa shape index (κ3) is 8.56. The number of hydrogen-bond donors (Lipinski definition) is 3. The predicted octanol–water partition coefficient (Wildman–Crippen LogP) is 6.89. The largest absolute Gasteiger partial charge is 0.478 e. The first-order chi connectivity index (χ1) is 25.5. The van der Waals surface area contributed by atoms with Gasteiger partial charge in [-0.1, -0.05) is 45.0 Å². The fourth-order valence-corrected chi connectivity index (χ4v) is 8.08. The molecule has 3 aromatic heterocycles. The lowest BCUT2D eigenvalue weighted by atomic mass is 9.92. The van der Waals surface area contributed by atoms with Crippen LogP contribution >= 0.6 is 0 Å². The van der Waals surface area contributed by atoms with Gasteiger partial charge in [0.1, 0.15) is 12.1 Å². The molecular weight excluding hydrogens is 707 g/mol. The standard InChI is InChI=1S/C40H49N7O6S/c1-23(2)53-33-17-11-16-28(31-21-41-30-19-34(40(5,6)7)47(8)37(30)43-31)42-32(33)22-52-35-20-29(36-24(3)12-9-13-25(36)4)44-39(45-35)46-54(50,51)27-15-10-14-26(18-27)38(48)49/h9-10,12-15,18-21,23,28,32-33,42H,11,16-17,22H2,1-8H3,(H,48,49)(H,44,45,46)/t28-,32-,33+/m0/s1. The van der Waals surface area contributed by atoms with Crippen LogP contribution in [0.1, 0.15) is 92.8 Å². The molecule has 5 aromatic rings. The molecule has 1 aliphatic heterocycles. The van der Waals surface area contributed by atoms with Gasteiger partial charge in [0, 0.05) is 29.8 Å². The molecule has 1 aliphatic rings. The van der Waals surface area contributed by atoms with Crippen molar-refractivity contribution in [1.29, 1.82) is 0 Å². The number of aryl methyl sites for hydroxylation is 3. The van der Waals surface area contributed by atoms with Gasteiger partial charge in [0.15, 0.2) is 5.65 Å². The maximum atomic E-state index is 13.5. The fraction of sp³-hybridized carbons (Fsp3) is 0.425. The summed E-state index contributed by atoms with van der Waals surface area (Å²) in [6, 6.07) is 14.3. The second-order valence-corrected chi connectivity index (χ2v) is 16.9. The molecule has 1 fully saturated rings. The zero-order chi connectivity index (χ0) is 38.9. The van der Waals surface area contributed by atoms with E-state index in [2.05, 4.69) is 51.4 Å². The lowest BCUT2D eigenvalue weighted by Gasteiger charge is -2.29. The lowest BCUT2D eigenvalue weighted by molar-refractivity contribution is -0.0249. The van der Waals surface area contributed by atoms with Crippen molar-refractivity contribution in [1.82, 2.24) is 29.8 Å². The van der Waals surface area contributed by atoms with Crippen molar-refractivity contribution in [3.8, 4) is 17.1 Å². The summed E-state index contributed by atoms with van der Waals surface area (Å²) in [6.45, 7) is 14.6. The second-order valence-electron chi connectivity index (χ2n) is 15.3. The van der Waals surface area contributed by atoms with Crippen LogP contribution in [-0.2, 0) is 27.2 Å². The predicted molar refractivity (Wildman–Crippen MR) is 207 cm³/mol. The first-order valence-electron chi connectivity index (χ1n) is 18.2. The van der Waals surface area contributed by atoms with Crippen LogP contribution in [0.5, 0.6) is 5.88 Å². The smallest absolute Gasteiger partial charge is 0.335 e. The van der Waals surface area contributed by atoms with Crippen molar-refractivity contribution in [3.63, 3.8) is 0 Å². The van der Waals surface area contributed by atoms with Crippen LogP contribution in [0.15, 0.2) is 65.7 Å². The molecule has 14 heteroatoms. The first-order valence-corrected chi connectivity index (χ1v) is 19.7. The van der Waals surface area contributed by atoms with Crippen LogP contribution in [0.25, 0.3) is 22.4 Å². The Balaban J connectivity index is 1.33. The number of sulfonamides is 1. The lowest BCUT2D eigenvalue weighted by Crippen LogP contribution is -2.46. The summed E-state index contributed by atoms with van der Waals surface area (Å²) in [7, 11) is -2.24. The molecule has 54 heavy (non-hydrogen) atoms. The molecule has 0 unspecified atom stereocenters. The molecule has 0 amide bonds. The highest BCUT2D eigenvalue weighted by atomic mass is 32.2. The molecule has 0 aliphatic carbocycles. The molecule has 0 spiro atoms. The molecule has 13 nitrogen and oxygen atoms in total. The zero-order valence-corrected chi connectivity index (χ0v) is 32.9. The quantitative estimate of drug-likeness (QED) is 0.128. The van der Waals surface area contributed by atoms with E-state index in [1.807, 2.05) is 59.1 Å². The Morgan fingerprint density at radius 2 is 1.76 bits per heavy atom. The number of aromatic nitrogens is 5. The summed E-state index contributed by atoms with van der Waals surface area (Å²) in [4.78, 5) is 30.3. The van der Waals surface area contributed by atoms with Crippen LogP contribution in [0, 0.1) is 13.8 Å². The molecule has 4 heterocycles. The van der Waals surface area contributed by atoms with Gasteiger partial charge in [-0.25, -0.2) is 27.9 Å². The molecule has 2 aromatic carbocycles. The van der Waals surface area contributed by atoms with Crippen LogP contribution in [0.2, 0.25) is 0 Å². The van der Waals surface area contributed by atoms with E-state index in [9.17, 15) is 18.3 Å². The second kappa shape index (κ2) is 15.4. The van der Waals surface area contributed by atoms with Crippen LogP contribution in [0.3, 0.4) is 0 Å². The van der Waals surface area contributed by atoms with E-state index in [-0.39, 0.29) is 58.6 Å². The summed E-state index contributed by atoms with van der Waals surface area (Å²) in [6.07, 6.45) is 4.14. The number of carboxylic acids is 1. The number of carbonyl (C=O) groups is 1. The summed E-state index contributed by atoms with van der Waals surface area (Å²) >= 11 is 0. The monoisotopic (exact) mass is 755 g/mol. The maximum Gasteiger partial charge on any atom is 0.335 e. The van der Waals surface area contributed by atoms with Crippen LogP contribution in [-0.4, -0.2) is 68.9 Å². The van der Waals surface area contributed by atoms with Crippen LogP contribution in [0.4, 0.5) is 5.95 Å². The molecule has 6 rings (SSSR count). The average Bonchev–Trinajstić information content (AvgIpc) is 3.31. The number of aromatic carboxylic acids is 1. The average molecular weight is 756 g/mol. The highest BCUT2D eigenvalue weighted by molar-refractivity contribution is 7.92. The molecule has 0 radical (unpaired) electrons. The Kier molecular flexibility index (Phi) is 11.1. The number of hydrogen-bond acceptors (Lipinski definition) is 10. The molecule has 0 saturated carbocycles. The van der Waals surface area contributed by atoms with Crippen molar-refractivity contribution < 1.29 is 27.8 Å². The van der Waals surface area contributed by atoms with Gasteiger partial charge in [0.25, 0.3) is 10.0 Å². The van der Waals surface area contributed by atoms with Crippen molar-refractivity contribution in [2.45, 2.75) is 102 Å². The molecule has 1 saturated heterocycles. The number of rotatable bonds is 11. The molecule has 3 atom stereocenters. The van der Waals surface area contributed by atoms with Crippen LogP contribution < -0.4 is 14.8 Å².